The normalized spacial score (nSPS) is 12.6. The predicted molar refractivity (Wildman–Crippen MR) is 85.4 cm³/mol. The van der Waals surface area contributed by atoms with Crippen LogP contribution >= 0.6 is 0 Å². The van der Waals surface area contributed by atoms with Crippen LogP contribution in [0.1, 0.15) is 34.6 Å². The zero-order chi connectivity index (χ0) is 16.8. The number of amides is 3. The molecule has 0 aliphatic carbocycles. The third-order valence-corrected chi connectivity index (χ3v) is 2.93. The van der Waals surface area contributed by atoms with Gasteiger partial charge < -0.3 is 20.1 Å². The lowest BCUT2D eigenvalue weighted by molar-refractivity contribution is -0.123. The summed E-state index contributed by atoms with van der Waals surface area (Å²) in [6, 6.07) is -0.291. The van der Waals surface area contributed by atoms with Crippen LogP contribution in [0.5, 0.6) is 0 Å². The van der Waals surface area contributed by atoms with Crippen LogP contribution in [0.15, 0.2) is 18.7 Å². The fourth-order valence-corrected chi connectivity index (χ4v) is 2.02. The largest absolute Gasteiger partial charge is 0.350 e. The first kappa shape index (κ1) is 18.0. The summed E-state index contributed by atoms with van der Waals surface area (Å²) < 4.78 is 1.90. The molecule has 2 N–H and O–H groups in total. The van der Waals surface area contributed by atoms with E-state index in [1.165, 1.54) is 4.90 Å². The van der Waals surface area contributed by atoms with Gasteiger partial charge in [-0.1, -0.05) is 0 Å². The average molecular weight is 309 g/mol. The van der Waals surface area contributed by atoms with Crippen LogP contribution in [-0.2, 0) is 11.3 Å². The number of aromatic nitrogens is 2. The molecule has 1 unspecified atom stereocenters. The summed E-state index contributed by atoms with van der Waals surface area (Å²) >= 11 is 0. The Hall–Kier alpha value is -2.05. The van der Waals surface area contributed by atoms with Gasteiger partial charge >= 0.3 is 6.03 Å². The molecule has 7 nitrogen and oxygen atoms in total. The van der Waals surface area contributed by atoms with Gasteiger partial charge in [0.15, 0.2) is 0 Å². The van der Waals surface area contributed by atoms with Crippen molar-refractivity contribution >= 4 is 11.9 Å². The number of urea groups is 1. The van der Waals surface area contributed by atoms with Crippen molar-refractivity contribution in [3.8, 4) is 0 Å². The molecule has 1 aromatic rings. The maximum absolute atomic E-state index is 12.2. The van der Waals surface area contributed by atoms with Crippen LogP contribution in [0.25, 0.3) is 0 Å². The predicted octanol–water partition coefficient (Wildman–Crippen LogP) is 1.22. The van der Waals surface area contributed by atoms with E-state index in [9.17, 15) is 9.59 Å². The first-order valence-electron chi connectivity index (χ1n) is 7.53. The van der Waals surface area contributed by atoms with Crippen molar-refractivity contribution in [1.82, 2.24) is 25.1 Å². The molecule has 0 aromatic carbocycles. The number of likely N-dealkylation sites (N-methyl/N-ethyl adjacent to an activating group) is 1. The summed E-state index contributed by atoms with van der Waals surface area (Å²) in [5, 5.41) is 5.75. The number of hydrogen-bond donors (Lipinski definition) is 2. The van der Waals surface area contributed by atoms with Crippen molar-refractivity contribution in [2.75, 3.05) is 13.1 Å². The van der Waals surface area contributed by atoms with Gasteiger partial charge in [-0.05, 0) is 34.6 Å². The Morgan fingerprint density at radius 3 is 2.55 bits per heavy atom. The Labute approximate surface area is 132 Å². The maximum Gasteiger partial charge on any atom is 0.318 e. The molecule has 1 heterocycles. The van der Waals surface area contributed by atoms with Crippen molar-refractivity contribution in [2.24, 2.45) is 0 Å². The highest BCUT2D eigenvalue weighted by Gasteiger charge is 2.20. The molecular formula is C15H27N5O2. The average Bonchev–Trinajstić information content (AvgIpc) is 2.86. The summed E-state index contributed by atoms with van der Waals surface area (Å²) in [4.78, 5) is 29.6. The third-order valence-electron chi connectivity index (χ3n) is 2.93. The molecule has 0 spiro atoms. The van der Waals surface area contributed by atoms with E-state index in [4.69, 9.17) is 0 Å². The van der Waals surface area contributed by atoms with E-state index in [2.05, 4.69) is 15.6 Å². The Morgan fingerprint density at radius 1 is 1.36 bits per heavy atom. The number of nitrogens with zero attached hydrogens (tertiary/aromatic N) is 3. The highest BCUT2D eigenvalue weighted by Crippen LogP contribution is 2.00. The highest BCUT2D eigenvalue weighted by atomic mass is 16.2. The number of imidazole rings is 1. The summed E-state index contributed by atoms with van der Waals surface area (Å²) in [6.07, 6.45) is 5.25. The third kappa shape index (κ3) is 6.60. The molecule has 22 heavy (non-hydrogen) atoms. The lowest BCUT2D eigenvalue weighted by atomic mass is 10.1. The van der Waals surface area contributed by atoms with Crippen molar-refractivity contribution in [3.63, 3.8) is 0 Å². The molecule has 124 valence electrons. The monoisotopic (exact) mass is 309 g/mol. The van der Waals surface area contributed by atoms with Gasteiger partial charge in [-0.3, -0.25) is 4.79 Å². The zero-order valence-corrected chi connectivity index (χ0v) is 14.1. The molecule has 0 saturated carbocycles. The molecule has 1 aromatic heterocycles. The summed E-state index contributed by atoms with van der Waals surface area (Å²) in [7, 11) is 0. The molecule has 0 radical (unpaired) electrons. The second kappa shape index (κ2) is 7.82. The Kier molecular flexibility index (Phi) is 6.39. The SMILES string of the molecule is CCN(CC(=O)NC(C)(C)C)C(=O)NC(C)Cn1ccnc1. The van der Waals surface area contributed by atoms with Gasteiger partial charge in [0.2, 0.25) is 5.91 Å². The molecule has 0 saturated heterocycles. The molecule has 0 bridgehead atoms. The highest BCUT2D eigenvalue weighted by molar-refractivity contribution is 5.84. The van der Waals surface area contributed by atoms with Gasteiger partial charge in [0.25, 0.3) is 0 Å². The number of rotatable bonds is 6. The maximum atomic E-state index is 12.2. The van der Waals surface area contributed by atoms with Gasteiger partial charge in [0, 0.05) is 37.1 Å². The minimum absolute atomic E-state index is 0.0530. The van der Waals surface area contributed by atoms with Crippen molar-refractivity contribution in [2.45, 2.75) is 52.7 Å². The zero-order valence-electron chi connectivity index (χ0n) is 14.1. The van der Waals surface area contributed by atoms with Crippen LogP contribution < -0.4 is 10.6 Å². The fourth-order valence-electron chi connectivity index (χ4n) is 2.02. The van der Waals surface area contributed by atoms with E-state index in [1.807, 2.05) is 45.4 Å². The number of nitrogens with one attached hydrogen (secondary N) is 2. The molecule has 0 aliphatic heterocycles. The minimum atomic E-state index is -0.304. The van der Waals surface area contributed by atoms with Gasteiger partial charge in [0.1, 0.15) is 6.54 Å². The molecule has 0 aliphatic rings. The van der Waals surface area contributed by atoms with E-state index in [-0.39, 0.29) is 30.1 Å². The molecule has 3 amide bonds. The second-order valence-corrected chi connectivity index (χ2v) is 6.42. The van der Waals surface area contributed by atoms with Crippen LogP contribution in [0.3, 0.4) is 0 Å². The first-order chi connectivity index (χ1) is 10.2. The number of carbonyl (C=O) groups is 2. The molecule has 7 heteroatoms. The lowest BCUT2D eigenvalue weighted by Crippen LogP contribution is -2.51. The topological polar surface area (TPSA) is 79.3 Å². The van der Waals surface area contributed by atoms with Gasteiger partial charge in [-0.25, -0.2) is 9.78 Å². The van der Waals surface area contributed by atoms with Gasteiger partial charge in [-0.15, -0.1) is 0 Å². The molecule has 1 rings (SSSR count). The Balaban J connectivity index is 2.48. The smallest absolute Gasteiger partial charge is 0.318 e. The van der Waals surface area contributed by atoms with Crippen molar-refractivity contribution < 1.29 is 9.59 Å². The Morgan fingerprint density at radius 2 is 2.05 bits per heavy atom. The molecular weight excluding hydrogens is 282 g/mol. The second-order valence-electron chi connectivity index (χ2n) is 6.42. The van der Waals surface area contributed by atoms with E-state index >= 15 is 0 Å². The molecule has 1 atom stereocenters. The van der Waals surface area contributed by atoms with E-state index in [1.54, 1.807) is 12.5 Å². The van der Waals surface area contributed by atoms with Crippen LogP contribution in [0, 0.1) is 0 Å². The summed E-state index contributed by atoms with van der Waals surface area (Å²) in [5.74, 6) is -0.160. The first-order valence-corrected chi connectivity index (χ1v) is 7.53. The van der Waals surface area contributed by atoms with Gasteiger partial charge in [0.05, 0.1) is 6.33 Å². The summed E-state index contributed by atoms with van der Waals surface area (Å²) in [5.41, 5.74) is -0.304. The quantitative estimate of drug-likeness (QED) is 0.829. The van der Waals surface area contributed by atoms with Crippen LogP contribution in [0.2, 0.25) is 0 Å². The lowest BCUT2D eigenvalue weighted by Gasteiger charge is -2.26. The fraction of sp³-hybridized carbons (Fsp3) is 0.667. The van der Waals surface area contributed by atoms with Crippen molar-refractivity contribution in [1.29, 1.82) is 0 Å². The number of hydrogen-bond acceptors (Lipinski definition) is 3. The standard InChI is InChI=1S/C15H27N5O2/c1-6-20(10-13(21)18-15(3,4)5)14(22)17-12(2)9-19-8-7-16-11-19/h7-8,11-12H,6,9-10H2,1-5H3,(H,17,22)(H,18,21). The van der Waals surface area contributed by atoms with Gasteiger partial charge in [-0.2, -0.15) is 0 Å². The molecule has 0 fully saturated rings. The number of carbonyl (C=O) groups excluding carboxylic acids is 2. The Bertz CT molecular complexity index is 479. The van der Waals surface area contributed by atoms with Crippen molar-refractivity contribution in [3.05, 3.63) is 18.7 Å². The van der Waals surface area contributed by atoms with Crippen LogP contribution in [0.4, 0.5) is 4.79 Å². The van der Waals surface area contributed by atoms with E-state index in [0.29, 0.717) is 13.1 Å². The van der Waals surface area contributed by atoms with E-state index in [0.717, 1.165) is 0 Å². The van der Waals surface area contributed by atoms with Crippen LogP contribution in [-0.4, -0.2) is 51.1 Å². The summed E-state index contributed by atoms with van der Waals surface area (Å²) in [6.45, 7) is 10.7. The minimum Gasteiger partial charge on any atom is -0.350 e. The van der Waals surface area contributed by atoms with E-state index < -0.39 is 0 Å².